The van der Waals surface area contributed by atoms with Crippen molar-refractivity contribution < 1.29 is 14.2 Å². The summed E-state index contributed by atoms with van der Waals surface area (Å²) in [6, 6.07) is 11.7. The summed E-state index contributed by atoms with van der Waals surface area (Å²) in [6.07, 6.45) is 0. The topological polar surface area (TPSA) is 53.7 Å². The van der Waals surface area contributed by atoms with Crippen LogP contribution >= 0.6 is 12.2 Å². The number of benzene rings is 2. The van der Waals surface area contributed by atoms with Crippen LogP contribution in [0.1, 0.15) is 44.4 Å². The van der Waals surface area contributed by atoms with E-state index in [4.69, 9.17) is 32.2 Å². The van der Waals surface area contributed by atoms with Crippen LogP contribution in [0, 0.1) is 6.92 Å². The van der Waals surface area contributed by atoms with Crippen molar-refractivity contribution in [2.24, 2.45) is 5.73 Å². The van der Waals surface area contributed by atoms with Gasteiger partial charge in [-0.05, 0) is 48.6 Å². The van der Waals surface area contributed by atoms with Gasteiger partial charge in [0, 0.05) is 5.56 Å². The van der Waals surface area contributed by atoms with E-state index >= 15 is 0 Å². The molecule has 0 atom stereocenters. The van der Waals surface area contributed by atoms with Crippen molar-refractivity contribution in [1.29, 1.82) is 0 Å². The highest BCUT2D eigenvalue weighted by Gasteiger charge is 2.20. The SMILES string of the molecule is CCOc1cc(C(N)=S)ccc1OCCOc1c(C)cccc1C(C)(C)C. The first kappa shape index (κ1) is 21.0. The van der Waals surface area contributed by atoms with Crippen LogP contribution in [0.4, 0.5) is 0 Å². The molecule has 4 nitrogen and oxygen atoms in total. The molecular weight excluding hydrogens is 358 g/mol. The number of nitrogens with two attached hydrogens (primary N) is 1. The summed E-state index contributed by atoms with van der Waals surface area (Å²) in [5.74, 6) is 2.22. The van der Waals surface area contributed by atoms with E-state index in [9.17, 15) is 0 Å². The third kappa shape index (κ3) is 5.60. The van der Waals surface area contributed by atoms with Gasteiger partial charge in [-0.1, -0.05) is 51.2 Å². The Morgan fingerprint density at radius 1 is 1.00 bits per heavy atom. The zero-order valence-electron chi connectivity index (χ0n) is 16.8. The maximum Gasteiger partial charge on any atom is 0.161 e. The Balaban J connectivity index is 2.05. The molecule has 0 aromatic heterocycles. The zero-order chi connectivity index (χ0) is 20.0. The van der Waals surface area contributed by atoms with Crippen LogP contribution in [-0.2, 0) is 5.41 Å². The number of aryl methyl sites for hydroxylation is 1. The fourth-order valence-electron chi connectivity index (χ4n) is 2.78. The van der Waals surface area contributed by atoms with Gasteiger partial charge in [-0.15, -0.1) is 0 Å². The summed E-state index contributed by atoms with van der Waals surface area (Å²) < 4.78 is 17.6. The van der Waals surface area contributed by atoms with Crippen molar-refractivity contribution in [3.8, 4) is 17.2 Å². The summed E-state index contributed by atoms with van der Waals surface area (Å²) in [7, 11) is 0. The van der Waals surface area contributed by atoms with Gasteiger partial charge in [0.2, 0.25) is 0 Å². The van der Waals surface area contributed by atoms with E-state index in [1.54, 1.807) is 6.07 Å². The molecule has 0 aliphatic heterocycles. The Morgan fingerprint density at radius 2 is 1.70 bits per heavy atom. The van der Waals surface area contributed by atoms with Gasteiger partial charge in [-0.2, -0.15) is 0 Å². The number of ether oxygens (including phenoxy) is 3. The molecule has 0 spiro atoms. The van der Waals surface area contributed by atoms with Crippen LogP contribution in [0.3, 0.4) is 0 Å². The van der Waals surface area contributed by atoms with Crippen molar-refractivity contribution in [2.45, 2.75) is 40.0 Å². The van der Waals surface area contributed by atoms with Crippen LogP contribution in [0.5, 0.6) is 17.2 Å². The van der Waals surface area contributed by atoms with Crippen molar-refractivity contribution in [2.75, 3.05) is 19.8 Å². The lowest BCUT2D eigenvalue weighted by Gasteiger charge is -2.24. The first-order chi connectivity index (χ1) is 12.7. The third-order valence-electron chi connectivity index (χ3n) is 4.14. The van der Waals surface area contributed by atoms with E-state index in [1.165, 1.54) is 5.56 Å². The number of hydrogen-bond acceptors (Lipinski definition) is 4. The molecule has 0 radical (unpaired) electrons. The monoisotopic (exact) mass is 387 g/mol. The standard InChI is InChI=1S/C22H29NO3S/c1-6-24-19-14-16(21(23)27)10-11-18(19)25-12-13-26-20-15(2)8-7-9-17(20)22(3,4)5/h7-11,14H,6,12-13H2,1-5H3,(H2,23,27). The highest BCUT2D eigenvalue weighted by molar-refractivity contribution is 7.80. The molecule has 0 aliphatic rings. The van der Waals surface area contributed by atoms with Crippen molar-refractivity contribution in [3.63, 3.8) is 0 Å². The molecule has 0 unspecified atom stereocenters. The maximum atomic E-state index is 6.07. The molecule has 0 heterocycles. The maximum absolute atomic E-state index is 6.07. The lowest BCUT2D eigenvalue weighted by Crippen LogP contribution is -2.17. The quantitative estimate of drug-likeness (QED) is 0.522. The Kier molecular flexibility index (Phi) is 7.08. The van der Waals surface area contributed by atoms with E-state index in [0.717, 1.165) is 16.9 Å². The summed E-state index contributed by atoms with van der Waals surface area (Å²) >= 11 is 5.03. The lowest BCUT2D eigenvalue weighted by atomic mass is 9.85. The Labute approximate surface area is 167 Å². The normalized spacial score (nSPS) is 11.1. The largest absolute Gasteiger partial charge is 0.490 e. The molecule has 0 aliphatic carbocycles. The summed E-state index contributed by atoms with van der Waals surface area (Å²) in [6.45, 7) is 11.9. The lowest BCUT2D eigenvalue weighted by molar-refractivity contribution is 0.205. The third-order valence-corrected chi connectivity index (χ3v) is 4.37. The van der Waals surface area contributed by atoms with Gasteiger partial charge in [-0.25, -0.2) is 0 Å². The first-order valence-corrected chi connectivity index (χ1v) is 9.57. The average molecular weight is 388 g/mol. The molecule has 0 bridgehead atoms. The van der Waals surface area contributed by atoms with Crippen LogP contribution in [0.2, 0.25) is 0 Å². The van der Waals surface area contributed by atoms with Crippen LogP contribution in [0.25, 0.3) is 0 Å². The average Bonchev–Trinajstić information content (AvgIpc) is 2.59. The highest BCUT2D eigenvalue weighted by Crippen LogP contribution is 2.34. The Morgan fingerprint density at radius 3 is 2.33 bits per heavy atom. The van der Waals surface area contributed by atoms with Gasteiger partial charge in [0.05, 0.1) is 6.61 Å². The summed E-state index contributed by atoms with van der Waals surface area (Å²) in [4.78, 5) is 0.333. The van der Waals surface area contributed by atoms with Crippen molar-refractivity contribution in [3.05, 3.63) is 53.1 Å². The van der Waals surface area contributed by atoms with E-state index < -0.39 is 0 Å². The van der Waals surface area contributed by atoms with E-state index in [2.05, 4.69) is 45.9 Å². The second-order valence-corrected chi connectivity index (χ2v) is 7.80. The van der Waals surface area contributed by atoms with Crippen LogP contribution in [0.15, 0.2) is 36.4 Å². The summed E-state index contributed by atoms with van der Waals surface area (Å²) in [5, 5.41) is 0. The minimum absolute atomic E-state index is 0.0147. The molecule has 146 valence electrons. The number of thiocarbonyl (C=S) groups is 1. The zero-order valence-corrected chi connectivity index (χ0v) is 17.6. The number of hydrogen-bond donors (Lipinski definition) is 1. The smallest absolute Gasteiger partial charge is 0.161 e. The van der Waals surface area contributed by atoms with Crippen LogP contribution in [-0.4, -0.2) is 24.8 Å². The van der Waals surface area contributed by atoms with Crippen LogP contribution < -0.4 is 19.9 Å². The van der Waals surface area contributed by atoms with Crippen molar-refractivity contribution >= 4 is 17.2 Å². The van der Waals surface area contributed by atoms with E-state index in [1.807, 2.05) is 19.1 Å². The minimum atomic E-state index is 0.0147. The van der Waals surface area contributed by atoms with Gasteiger partial charge in [0.1, 0.15) is 24.0 Å². The molecular formula is C22H29NO3S. The van der Waals surface area contributed by atoms with Gasteiger partial charge < -0.3 is 19.9 Å². The highest BCUT2D eigenvalue weighted by atomic mass is 32.1. The molecule has 0 saturated heterocycles. The predicted octanol–water partition coefficient (Wildman–Crippen LogP) is 4.78. The summed E-state index contributed by atoms with van der Waals surface area (Å²) in [5.41, 5.74) is 8.78. The molecule has 0 saturated carbocycles. The fraction of sp³-hybridized carbons (Fsp3) is 0.409. The first-order valence-electron chi connectivity index (χ1n) is 9.16. The van der Waals surface area contributed by atoms with Gasteiger partial charge in [0.25, 0.3) is 0 Å². The fourth-order valence-corrected chi connectivity index (χ4v) is 2.91. The van der Waals surface area contributed by atoms with Gasteiger partial charge >= 0.3 is 0 Å². The van der Waals surface area contributed by atoms with Gasteiger partial charge in [0.15, 0.2) is 11.5 Å². The predicted molar refractivity (Wildman–Crippen MR) is 114 cm³/mol. The molecule has 2 rings (SSSR count). The van der Waals surface area contributed by atoms with Gasteiger partial charge in [-0.3, -0.25) is 0 Å². The molecule has 27 heavy (non-hydrogen) atoms. The Hall–Kier alpha value is -2.27. The van der Waals surface area contributed by atoms with E-state index in [0.29, 0.717) is 36.3 Å². The molecule has 0 fully saturated rings. The van der Waals surface area contributed by atoms with E-state index in [-0.39, 0.29) is 5.41 Å². The second-order valence-electron chi connectivity index (χ2n) is 7.36. The number of rotatable bonds is 8. The molecule has 2 aromatic rings. The second kappa shape index (κ2) is 9.09. The molecule has 2 aromatic carbocycles. The molecule has 2 N–H and O–H groups in total. The Bertz CT molecular complexity index is 797. The number of para-hydroxylation sites is 1. The molecule has 5 heteroatoms. The minimum Gasteiger partial charge on any atom is -0.490 e. The molecule has 0 amide bonds. The van der Waals surface area contributed by atoms with Crippen molar-refractivity contribution in [1.82, 2.24) is 0 Å².